The minimum Gasteiger partial charge on any atom is -0.493 e. The number of rotatable bonds is 4. The summed E-state index contributed by atoms with van der Waals surface area (Å²) in [6, 6.07) is 5.32. The molecule has 2 aliphatic heterocycles. The van der Waals surface area contributed by atoms with Crippen molar-refractivity contribution in [3.8, 4) is 11.5 Å². The molecule has 1 amide bonds. The third kappa shape index (κ3) is 2.49. The van der Waals surface area contributed by atoms with Crippen molar-refractivity contribution in [2.75, 3.05) is 27.3 Å². The molecule has 1 aromatic carbocycles. The van der Waals surface area contributed by atoms with Gasteiger partial charge < -0.3 is 19.1 Å². The summed E-state index contributed by atoms with van der Waals surface area (Å²) in [6.07, 6.45) is 4.25. The Bertz CT molecular complexity index is 919. The minimum absolute atomic E-state index is 0.0936. The van der Waals surface area contributed by atoms with Crippen LogP contribution >= 0.6 is 0 Å². The minimum atomic E-state index is -0.473. The number of amides is 1. The number of aromatic nitrogens is 2. The number of carbonyl (C=O) groups excluding carboxylic acids is 1. The fourth-order valence-electron chi connectivity index (χ4n) is 3.95. The van der Waals surface area contributed by atoms with Gasteiger partial charge in [-0.25, -0.2) is 9.97 Å². The highest BCUT2D eigenvalue weighted by molar-refractivity contribution is 5.98. The zero-order valence-electron chi connectivity index (χ0n) is 15.4. The monoisotopic (exact) mass is 367 g/mol. The lowest BCUT2D eigenvalue weighted by Crippen LogP contribution is -2.61. The lowest BCUT2D eigenvalue weighted by atomic mass is 9.87. The maximum Gasteiger partial charge on any atom is 0.257 e. The topological polar surface area (TPSA) is 73.8 Å². The number of fused-ring (bicyclic) bond motifs is 2. The van der Waals surface area contributed by atoms with E-state index in [9.17, 15) is 4.79 Å². The molecule has 0 bridgehead atoms. The molecule has 0 N–H and O–H groups in total. The zero-order valence-corrected chi connectivity index (χ0v) is 15.4. The molecule has 7 nitrogen and oxygen atoms in total. The summed E-state index contributed by atoms with van der Waals surface area (Å²) in [5.74, 6) is 2.36. The lowest BCUT2D eigenvalue weighted by Gasteiger charge is -2.47. The second-order valence-electron chi connectivity index (χ2n) is 7.35. The van der Waals surface area contributed by atoms with Gasteiger partial charge >= 0.3 is 0 Å². The first-order chi connectivity index (χ1) is 13.1. The second kappa shape index (κ2) is 5.92. The van der Waals surface area contributed by atoms with Gasteiger partial charge in [0, 0.05) is 17.7 Å². The van der Waals surface area contributed by atoms with E-state index in [2.05, 4.69) is 4.98 Å². The van der Waals surface area contributed by atoms with Crippen LogP contribution in [-0.4, -0.2) is 48.1 Å². The van der Waals surface area contributed by atoms with E-state index in [0.29, 0.717) is 42.7 Å². The van der Waals surface area contributed by atoms with E-state index in [-0.39, 0.29) is 5.91 Å². The van der Waals surface area contributed by atoms with Gasteiger partial charge in [-0.2, -0.15) is 0 Å². The zero-order chi connectivity index (χ0) is 18.6. The molecule has 1 spiro atoms. The first-order valence-electron chi connectivity index (χ1n) is 9.16. The number of hydrogen-bond donors (Lipinski definition) is 0. The molecule has 0 atom stereocenters. The number of methoxy groups -OCH3 is 2. The highest BCUT2D eigenvalue weighted by Gasteiger charge is 2.53. The van der Waals surface area contributed by atoms with E-state index in [0.717, 1.165) is 17.1 Å². The van der Waals surface area contributed by atoms with Crippen LogP contribution in [0.25, 0.3) is 0 Å². The van der Waals surface area contributed by atoms with Crippen molar-refractivity contribution >= 4 is 5.91 Å². The van der Waals surface area contributed by atoms with Gasteiger partial charge in [-0.15, -0.1) is 0 Å². The van der Waals surface area contributed by atoms with E-state index >= 15 is 0 Å². The Hall–Kier alpha value is -2.67. The van der Waals surface area contributed by atoms with E-state index in [1.54, 1.807) is 30.2 Å². The molecule has 5 rings (SSSR count). The van der Waals surface area contributed by atoms with Crippen LogP contribution in [-0.2, 0) is 16.9 Å². The van der Waals surface area contributed by atoms with Crippen molar-refractivity contribution in [3.63, 3.8) is 0 Å². The van der Waals surface area contributed by atoms with Gasteiger partial charge in [-0.1, -0.05) is 6.07 Å². The Morgan fingerprint density at radius 2 is 2.07 bits per heavy atom. The normalized spacial score (nSPS) is 19.6. The average Bonchev–Trinajstić information content (AvgIpc) is 3.45. The molecule has 2 aromatic rings. The number of carbonyl (C=O) groups is 1. The van der Waals surface area contributed by atoms with Gasteiger partial charge in [0.15, 0.2) is 11.5 Å². The molecule has 1 aromatic heterocycles. The molecule has 140 valence electrons. The van der Waals surface area contributed by atoms with Crippen molar-refractivity contribution < 1.29 is 19.0 Å². The summed E-state index contributed by atoms with van der Waals surface area (Å²) in [4.78, 5) is 24.0. The molecule has 3 heterocycles. The second-order valence-corrected chi connectivity index (χ2v) is 7.35. The third-order valence-corrected chi connectivity index (χ3v) is 5.62. The number of hydrogen-bond acceptors (Lipinski definition) is 6. The molecule has 3 aliphatic rings. The molecule has 2 fully saturated rings. The van der Waals surface area contributed by atoms with Crippen molar-refractivity contribution in [2.24, 2.45) is 0 Å². The van der Waals surface area contributed by atoms with E-state index in [1.807, 2.05) is 6.20 Å². The van der Waals surface area contributed by atoms with E-state index < -0.39 is 5.60 Å². The van der Waals surface area contributed by atoms with Gasteiger partial charge in [0.2, 0.25) is 0 Å². The van der Waals surface area contributed by atoms with Crippen molar-refractivity contribution in [1.82, 2.24) is 14.9 Å². The summed E-state index contributed by atoms with van der Waals surface area (Å²) in [5.41, 5.74) is 2.01. The SMILES string of the molecule is COc1cccc(C(=O)N2CC3(C2)OCc2nc(C4CC4)ncc23)c1OC. The molecule has 27 heavy (non-hydrogen) atoms. The Balaban J connectivity index is 1.37. The van der Waals surface area contributed by atoms with Crippen LogP contribution in [0.5, 0.6) is 11.5 Å². The van der Waals surface area contributed by atoms with Gasteiger partial charge in [0.1, 0.15) is 11.4 Å². The number of para-hydroxylation sites is 1. The summed E-state index contributed by atoms with van der Waals surface area (Å²) < 4.78 is 16.8. The number of ether oxygens (including phenoxy) is 3. The fourth-order valence-corrected chi connectivity index (χ4v) is 3.95. The smallest absolute Gasteiger partial charge is 0.257 e. The Labute approximate surface area is 157 Å². The summed E-state index contributed by atoms with van der Waals surface area (Å²) in [6.45, 7) is 1.47. The average molecular weight is 367 g/mol. The van der Waals surface area contributed by atoms with Crippen LogP contribution in [0.15, 0.2) is 24.4 Å². The summed E-state index contributed by atoms with van der Waals surface area (Å²) >= 11 is 0. The largest absolute Gasteiger partial charge is 0.493 e. The highest BCUT2D eigenvalue weighted by Crippen LogP contribution is 2.45. The molecule has 1 aliphatic carbocycles. The molecule has 0 unspecified atom stereocenters. The first-order valence-corrected chi connectivity index (χ1v) is 9.16. The van der Waals surface area contributed by atoms with Gasteiger partial charge in [0.05, 0.1) is 45.2 Å². The van der Waals surface area contributed by atoms with Crippen molar-refractivity contribution in [1.29, 1.82) is 0 Å². The van der Waals surface area contributed by atoms with E-state index in [4.69, 9.17) is 19.2 Å². The number of benzene rings is 1. The van der Waals surface area contributed by atoms with Crippen LogP contribution in [0, 0.1) is 0 Å². The molecule has 1 saturated carbocycles. The Morgan fingerprint density at radius 3 is 2.78 bits per heavy atom. The standard InChI is InChI=1S/C20H21N3O4/c1-25-16-5-3-4-13(17(16)26-2)19(24)23-10-20(11-23)14-8-21-18(12-6-7-12)22-15(14)9-27-20/h3-5,8,12H,6-7,9-11H2,1-2H3. The fraction of sp³-hybridized carbons (Fsp3) is 0.450. The van der Waals surface area contributed by atoms with Crippen molar-refractivity contribution in [3.05, 3.63) is 47.0 Å². The molecular weight excluding hydrogens is 346 g/mol. The third-order valence-electron chi connectivity index (χ3n) is 5.62. The van der Waals surface area contributed by atoms with Crippen LogP contribution in [0.2, 0.25) is 0 Å². The first kappa shape index (κ1) is 16.5. The molecule has 7 heteroatoms. The van der Waals surface area contributed by atoms with Crippen molar-refractivity contribution in [2.45, 2.75) is 31.0 Å². The predicted octanol–water partition coefficient (Wildman–Crippen LogP) is 2.25. The maximum atomic E-state index is 13.0. The van der Waals surface area contributed by atoms with Crippen LogP contribution in [0.4, 0.5) is 0 Å². The summed E-state index contributed by atoms with van der Waals surface area (Å²) in [5, 5.41) is 0. The molecule has 0 radical (unpaired) electrons. The van der Waals surface area contributed by atoms with Crippen LogP contribution in [0.1, 0.15) is 46.2 Å². The maximum absolute atomic E-state index is 13.0. The van der Waals surface area contributed by atoms with Crippen LogP contribution < -0.4 is 9.47 Å². The van der Waals surface area contributed by atoms with Gasteiger partial charge in [-0.05, 0) is 25.0 Å². The number of nitrogens with zero attached hydrogens (tertiary/aromatic N) is 3. The number of likely N-dealkylation sites (tertiary alicyclic amines) is 1. The Morgan fingerprint density at radius 1 is 1.26 bits per heavy atom. The van der Waals surface area contributed by atoms with Gasteiger partial charge in [0.25, 0.3) is 5.91 Å². The van der Waals surface area contributed by atoms with Crippen LogP contribution in [0.3, 0.4) is 0 Å². The lowest BCUT2D eigenvalue weighted by molar-refractivity contribution is -0.126. The summed E-state index contributed by atoms with van der Waals surface area (Å²) in [7, 11) is 3.10. The van der Waals surface area contributed by atoms with E-state index in [1.165, 1.54) is 20.0 Å². The molecular formula is C20H21N3O4. The quantitative estimate of drug-likeness (QED) is 0.825. The Kier molecular flexibility index (Phi) is 3.62. The predicted molar refractivity (Wildman–Crippen MR) is 95.9 cm³/mol. The molecule has 1 saturated heterocycles. The highest BCUT2D eigenvalue weighted by atomic mass is 16.5. The van der Waals surface area contributed by atoms with Gasteiger partial charge in [-0.3, -0.25) is 4.79 Å².